The molecule has 0 spiro atoms. The molecule has 6 nitrogen and oxygen atoms in total. The lowest BCUT2D eigenvalue weighted by Crippen LogP contribution is -2.41. The highest BCUT2D eigenvalue weighted by Crippen LogP contribution is 2.37. The third kappa shape index (κ3) is 5.67. The molecule has 1 aliphatic heterocycles. The van der Waals surface area contributed by atoms with Crippen LogP contribution in [0.15, 0.2) is 18.2 Å². The highest BCUT2D eigenvalue weighted by molar-refractivity contribution is 6.62. The molecule has 1 N–H and O–H groups in total. The molecule has 1 aromatic rings. The molecule has 1 heterocycles. The lowest BCUT2D eigenvalue weighted by molar-refractivity contribution is 0.00578. The van der Waals surface area contributed by atoms with Gasteiger partial charge >= 0.3 is 13.2 Å². The molecule has 30 heavy (non-hydrogen) atoms. The summed E-state index contributed by atoms with van der Waals surface area (Å²) in [5, 5.41) is 8.99. The van der Waals surface area contributed by atoms with Crippen LogP contribution in [-0.2, 0) is 9.31 Å². The van der Waals surface area contributed by atoms with Gasteiger partial charge in [0.25, 0.3) is 0 Å². The fraction of sp³-hybridized carbons (Fsp3) is 0.682. The van der Waals surface area contributed by atoms with Gasteiger partial charge in [-0.05, 0) is 52.0 Å². The van der Waals surface area contributed by atoms with Gasteiger partial charge in [0, 0.05) is 25.1 Å². The van der Waals surface area contributed by atoms with Crippen LogP contribution in [-0.4, -0.2) is 54.1 Å². The third-order valence-electron chi connectivity index (χ3n) is 6.01. The van der Waals surface area contributed by atoms with Gasteiger partial charge in [-0.3, -0.25) is 0 Å². The second-order valence-electron chi connectivity index (χ2n) is 10.1. The second-order valence-corrected chi connectivity index (χ2v) is 10.1. The molecule has 0 aromatic heterocycles. The first-order chi connectivity index (χ1) is 13.6. The van der Waals surface area contributed by atoms with Crippen molar-refractivity contribution in [3.05, 3.63) is 24.0 Å². The summed E-state index contributed by atoms with van der Waals surface area (Å²) in [6.07, 6.45) is 0.159. The smallest absolute Gasteiger partial charge is 0.490 e. The quantitative estimate of drug-likeness (QED) is 0.662. The summed E-state index contributed by atoms with van der Waals surface area (Å²) in [5.41, 5.74) is -0.932. The molecule has 0 radical (unpaired) electrons. The van der Waals surface area contributed by atoms with E-state index in [2.05, 4.69) is 0 Å². The number of ether oxygens (including phenoxy) is 1. The monoisotopic (exact) mass is 423 g/mol. The first-order valence-corrected chi connectivity index (χ1v) is 10.4. The fourth-order valence-electron chi connectivity index (χ4n) is 3.18. The van der Waals surface area contributed by atoms with E-state index in [0.29, 0.717) is 30.6 Å². The van der Waals surface area contributed by atoms with Crippen molar-refractivity contribution in [2.45, 2.75) is 78.6 Å². The van der Waals surface area contributed by atoms with Crippen LogP contribution in [0.5, 0.6) is 5.75 Å². The van der Waals surface area contributed by atoms with E-state index in [1.165, 1.54) is 11.0 Å². The van der Waals surface area contributed by atoms with Crippen LogP contribution in [0.4, 0.5) is 9.18 Å². The molecule has 8 heteroatoms. The maximum absolute atomic E-state index is 14.9. The average molecular weight is 423 g/mol. The number of carbonyl (C=O) groups is 1. The molecule has 1 fully saturated rings. The van der Waals surface area contributed by atoms with E-state index in [1.54, 1.807) is 19.2 Å². The number of nitrogens with zero attached hydrogens (tertiary/aromatic N) is 1. The topological polar surface area (TPSA) is 68.2 Å². The van der Waals surface area contributed by atoms with Crippen LogP contribution in [0.3, 0.4) is 0 Å². The zero-order chi connectivity index (χ0) is 22.9. The van der Waals surface area contributed by atoms with Gasteiger partial charge in [0.2, 0.25) is 0 Å². The van der Waals surface area contributed by atoms with E-state index in [-0.39, 0.29) is 11.5 Å². The predicted molar refractivity (Wildman–Crippen MR) is 116 cm³/mol. The normalized spacial score (nSPS) is 18.9. The second kappa shape index (κ2) is 8.75. The number of amides is 1. The van der Waals surface area contributed by atoms with Crippen LogP contribution in [0.25, 0.3) is 0 Å². The van der Waals surface area contributed by atoms with Crippen molar-refractivity contribution < 1.29 is 28.3 Å². The lowest BCUT2D eigenvalue weighted by Gasteiger charge is -2.32. The van der Waals surface area contributed by atoms with Gasteiger partial charge in [-0.25, -0.2) is 9.18 Å². The van der Waals surface area contributed by atoms with E-state index < -0.39 is 30.2 Å². The van der Waals surface area contributed by atoms with Crippen molar-refractivity contribution in [1.82, 2.24) is 4.90 Å². The van der Waals surface area contributed by atoms with E-state index in [4.69, 9.17) is 19.2 Å². The van der Waals surface area contributed by atoms with E-state index >= 15 is 0 Å². The van der Waals surface area contributed by atoms with Crippen molar-refractivity contribution in [1.29, 1.82) is 0 Å². The maximum atomic E-state index is 14.9. The molecule has 0 bridgehead atoms. The molecule has 1 aliphatic rings. The van der Waals surface area contributed by atoms with Gasteiger partial charge in [0.15, 0.2) is 0 Å². The Balaban J connectivity index is 2.09. The SMILES string of the molecule is CN(CCCC(Oc1ccc(B2OC(C)(C)C(C)(C)O2)c(F)c1)C(C)(C)C)C(=O)O. The Morgan fingerprint density at radius 2 is 1.80 bits per heavy atom. The van der Waals surface area contributed by atoms with Crippen molar-refractivity contribution in [2.75, 3.05) is 13.6 Å². The van der Waals surface area contributed by atoms with Crippen LogP contribution in [0, 0.1) is 11.2 Å². The van der Waals surface area contributed by atoms with Crippen molar-refractivity contribution in [3.8, 4) is 5.75 Å². The Labute approximate surface area is 179 Å². The molecular formula is C22H35BFNO5. The molecule has 1 saturated heterocycles. The van der Waals surface area contributed by atoms with E-state index in [9.17, 15) is 9.18 Å². The first kappa shape index (κ1) is 24.5. The average Bonchev–Trinajstić information content (AvgIpc) is 2.80. The number of halogens is 1. The first-order valence-electron chi connectivity index (χ1n) is 10.4. The number of rotatable bonds is 7. The van der Waals surface area contributed by atoms with Gasteiger partial charge in [-0.1, -0.05) is 26.8 Å². The van der Waals surface area contributed by atoms with Crippen LogP contribution in [0.1, 0.15) is 61.3 Å². The van der Waals surface area contributed by atoms with Crippen LogP contribution >= 0.6 is 0 Å². The Bertz CT molecular complexity index is 746. The molecule has 0 aliphatic carbocycles. The van der Waals surface area contributed by atoms with Crippen LogP contribution < -0.4 is 10.2 Å². The molecule has 168 valence electrons. The van der Waals surface area contributed by atoms with Crippen molar-refractivity contribution >= 4 is 18.7 Å². The largest absolute Gasteiger partial charge is 0.497 e. The molecule has 2 rings (SSSR count). The van der Waals surface area contributed by atoms with Gasteiger partial charge in [0.1, 0.15) is 17.7 Å². The standard InChI is InChI=1S/C22H35BFNO5/c1-20(2,3)18(10-9-13-25(8)19(26)27)28-15-11-12-16(17(24)14-15)23-29-21(4,5)22(6,7)30-23/h11-12,14,18H,9-10,13H2,1-8H3,(H,26,27). The number of benzene rings is 1. The van der Waals surface area contributed by atoms with Gasteiger partial charge in [0.05, 0.1) is 11.2 Å². The zero-order valence-corrected chi connectivity index (χ0v) is 19.4. The molecule has 1 aromatic carbocycles. The van der Waals surface area contributed by atoms with E-state index in [0.717, 1.165) is 0 Å². The lowest BCUT2D eigenvalue weighted by atomic mass is 9.78. The Kier molecular flexibility index (Phi) is 7.14. The van der Waals surface area contributed by atoms with Gasteiger partial charge in [-0.2, -0.15) is 0 Å². The number of carboxylic acid groups (broad SMARTS) is 1. The minimum Gasteiger partial charge on any atom is -0.490 e. The molecule has 1 unspecified atom stereocenters. The molecule has 1 atom stereocenters. The summed E-state index contributed by atoms with van der Waals surface area (Å²) in [4.78, 5) is 12.2. The van der Waals surface area contributed by atoms with Gasteiger partial charge in [-0.15, -0.1) is 0 Å². The third-order valence-corrected chi connectivity index (χ3v) is 6.01. The summed E-state index contributed by atoms with van der Waals surface area (Å²) < 4.78 is 32.9. The Hall–Kier alpha value is -1.80. The summed E-state index contributed by atoms with van der Waals surface area (Å²) in [6, 6.07) is 4.73. The van der Waals surface area contributed by atoms with Gasteiger partial charge < -0.3 is 24.1 Å². The Morgan fingerprint density at radius 1 is 1.23 bits per heavy atom. The zero-order valence-electron chi connectivity index (χ0n) is 19.4. The molecule has 0 saturated carbocycles. The molecule has 1 amide bonds. The summed E-state index contributed by atoms with van der Waals surface area (Å²) in [7, 11) is 0.771. The minimum atomic E-state index is -0.955. The summed E-state index contributed by atoms with van der Waals surface area (Å²) in [6.45, 7) is 14.3. The maximum Gasteiger partial charge on any atom is 0.497 e. The summed E-state index contributed by atoms with van der Waals surface area (Å²) >= 11 is 0. The number of hydrogen-bond acceptors (Lipinski definition) is 4. The highest BCUT2D eigenvalue weighted by atomic mass is 19.1. The minimum absolute atomic E-state index is 0.192. The van der Waals surface area contributed by atoms with Crippen molar-refractivity contribution in [3.63, 3.8) is 0 Å². The Morgan fingerprint density at radius 3 is 2.27 bits per heavy atom. The predicted octanol–water partition coefficient (Wildman–Crippen LogP) is 4.31. The van der Waals surface area contributed by atoms with E-state index in [1.807, 2.05) is 48.5 Å². The number of hydrogen-bond donors (Lipinski definition) is 1. The van der Waals surface area contributed by atoms with Crippen LogP contribution in [0.2, 0.25) is 0 Å². The summed E-state index contributed by atoms with van der Waals surface area (Å²) in [5.74, 6) is -0.0106. The fourth-order valence-corrected chi connectivity index (χ4v) is 3.18. The molecular weight excluding hydrogens is 388 g/mol. The highest BCUT2D eigenvalue weighted by Gasteiger charge is 2.52. The van der Waals surface area contributed by atoms with Crippen molar-refractivity contribution in [2.24, 2.45) is 5.41 Å².